The molecule has 6 heteroatoms. The summed E-state index contributed by atoms with van der Waals surface area (Å²) < 4.78 is 5.80. The molecule has 0 radical (unpaired) electrons. The fraction of sp³-hybridized carbons (Fsp3) is 0.100. The smallest absolute Gasteiger partial charge is 0.311 e. The van der Waals surface area contributed by atoms with Gasteiger partial charge in [0, 0.05) is 4.47 Å². The molecule has 0 saturated carbocycles. The lowest BCUT2D eigenvalue weighted by Crippen LogP contribution is -2.01. The molecule has 0 aliphatic carbocycles. The first-order chi connectivity index (χ1) is 7.66. The quantitative estimate of drug-likeness (QED) is 0.933. The van der Waals surface area contributed by atoms with Crippen molar-refractivity contribution in [3.05, 3.63) is 34.6 Å². The maximum absolute atomic E-state index is 10.5. The molecule has 0 bridgehead atoms. The van der Waals surface area contributed by atoms with Gasteiger partial charge in [0.2, 0.25) is 0 Å². The number of hydrogen-bond donors (Lipinski definition) is 1. The molecule has 0 fully saturated rings. The number of hydrogen-bond acceptors (Lipinski definition) is 4. The highest BCUT2D eigenvalue weighted by molar-refractivity contribution is 9.10. The van der Waals surface area contributed by atoms with Gasteiger partial charge in [0.1, 0.15) is 6.42 Å². The van der Waals surface area contributed by atoms with Crippen molar-refractivity contribution >= 4 is 21.9 Å². The van der Waals surface area contributed by atoms with E-state index in [-0.39, 0.29) is 12.2 Å². The van der Waals surface area contributed by atoms with Crippen LogP contribution in [-0.4, -0.2) is 21.2 Å². The molecule has 2 rings (SSSR count). The Balaban J connectivity index is 2.32. The molecule has 0 spiro atoms. The van der Waals surface area contributed by atoms with Crippen molar-refractivity contribution in [2.75, 3.05) is 0 Å². The molecule has 16 heavy (non-hydrogen) atoms. The number of halogens is 1. The average Bonchev–Trinajstić information content (AvgIpc) is 2.66. The van der Waals surface area contributed by atoms with Crippen LogP contribution < -0.4 is 0 Å². The van der Waals surface area contributed by atoms with Crippen molar-refractivity contribution in [2.45, 2.75) is 6.42 Å². The van der Waals surface area contributed by atoms with Crippen LogP contribution in [-0.2, 0) is 11.2 Å². The largest absolute Gasteiger partial charge is 0.481 e. The first kappa shape index (κ1) is 10.8. The first-order valence-corrected chi connectivity index (χ1v) is 5.25. The highest BCUT2D eigenvalue weighted by Crippen LogP contribution is 2.26. The van der Waals surface area contributed by atoms with Gasteiger partial charge in [-0.1, -0.05) is 17.3 Å². The van der Waals surface area contributed by atoms with Crippen molar-refractivity contribution in [3.8, 4) is 11.5 Å². The van der Waals surface area contributed by atoms with Gasteiger partial charge in [0.15, 0.2) is 5.82 Å². The first-order valence-electron chi connectivity index (χ1n) is 4.46. The van der Waals surface area contributed by atoms with Crippen LogP contribution in [0.3, 0.4) is 0 Å². The van der Waals surface area contributed by atoms with Crippen LogP contribution in [0.1, 0.15) is 5.82 Å². The third-order valence-electron chi connectivity index (χ3n) is 1.88. The summed E-state index contributed by atoms with van der Waals surface area (Å²) in [5, 5.41) is 12.2. The number of aromatic nitrogens is 2. The third kappa shape index (κ3) is 2.27. The normalized spacial score (nSPS) is 10.3. The average molecular weight is 283 g/mol. The van der Waals surface area contributed by atoms with E-state index in [9.17, 15) is 4.79 Å². The van der Waals surface area contributed by atoms with Crippen molar-refractivity contribution in [2.24, 2.45) is 0 Å². The van der Waals surface area contributed by atoms with Crippen LogP contribution in [0.25, 0.3) is 11.5 Å². The summed E-state index contributed by atoms with van der Waals surface area (Å²) in [5.41, 5.74) is 0.742. The highest BCUT2D eigenvalue weighted by atomic mass is 79.9. The van der Waals surface area contributed by atoms with Crippen molar-refractivity contribution < 1.29 is 14.4 Å². The van der Waals surface area contributed by atoms with Gasteiger partial charge < -0.3 is 9.63 Å². The topological polar surface area (TPSA) is 76.2 Å². The molecule has 0 amide bonds. The van der Waals surface area contributed by atoms with E-state index in [2.05, 4.69) is 26.1 Å². The van der Waals surface area contributed by atoms with E-state index in [4.69, 9.17) is 9.63 Å². The Kier molecular flexibility index (Phi) is 3.00. The molecule has 0 atom stereocenters. The Morgan fingerprint density at radius 3 is 2.88 bits per heavy atom. The zero-order valence-electron chi connectivity index (χ0n) is 8.05. The molecule has 2 aromatic rings. The SMILES string of the molecule is O=C(O)Cc1noc(-c2ccccc2Br)n1. The van der Waals surface area contributed by atoms with Gasteiger partial charge in [-0.3, -0.25) is 4.79 Å². The predicted molar refractivity (Wildman–Crippen MR) is 58.8 cm³/mol. The number of carbonyl (C=O) groups is 1. The van der Waals surface area contributed by atoms with Crippen LogP contribution in [0.4, 0.5) is 0 Å². The lowest BCUT2D eigenvalue weighted by Gasteiger charge is -1.95. The number of benzene rings is 1. The summed E-state index contributed by atoms with van der Waals surface area (Å²) in [7, 11) is 0. The molecule has 0 saturated heterocycles. The monoisotopic (exact) mass is 282 g/mol. The summed E-state index contributed by atoms with van der Waals surface area (Å²) in [5.74, 6) is -0.513. The predicted octanol–water partition coefficient (Wildman–Crippen LogP) is 2.13. The minimum absolute atomic E-state index is 0.165. The van der Waals surface area contributed by atoms with E-state index in [1.165, 1.54) is 0 Å². The molecule has 0 aliphatic rings. The van der Waals surface area contributed by atoms with Crippen LogP contribution >= 0.6 is 15.9 Å². The second-order valence-corrected chi connectivity index (χ2v) is 3.92. The van der Waals surface area contributed by atoms with Crippen LogP contribution in [0.5, 0.6) is 0 Å². The van der Waals surface area contributed by atoms with Gasteiger partial charge in [-0.2, -0.15) is 4.98 Å². The summed E-state index contributed by atoms with van der Waals surface area (Å²) in [6, 6.07) is 7.35. The van der Waals surface area contributed by atoms with Crippen LogP contribution in [0, 0.1) is 0 Å². The fourth-order valence-corrected chi connectivity index (χ4v) is 1.66. The Morgan fingerprint density at radius 1 is 1.44 bits per heavy atom. The molecular weight excluding hydrogens is 276 g/mol. The molecule has 1 aromatic heterocycles. The Bertz CT molecular complexity index is 524. The van der Waals surface area contributed by atoms with Crippen molar-refractivity contribution in [1.29, 1.82) is 0 Å². The lowest BCUT2D eigenvalue weighted by molar-refractivity contribution is -0.136. The van der Waals surface area contributed by atoms with Crippen LogP contribution in [0.2, 0.25) is 0 Å². The summed E-state index contributed by atoms with van der Waals surface area (Å²) in [6.07, 6.45) is -0.242. The fourth-order valence-electron chi connectivity index (χ4n) is 1.21. The van der Waals surface area contributed by atoms with E-state index < -0.39 is 5.97 Å². The second kappa shape index (κ2) is 4.44. The molecular formula is C10H7BrN2O3. The summed E-state index contributed by atoms with van der Waals surface area (Å²) in [4.78, 5) is 14.4. The number of nitrogens with zero attached hydrogens (tertiary/aromatic N) is 2. The second-order valence-electron chi connectivity index (χ2n) is 3.07. The van der Waals surface area contributed by atoms with E-state index in [1.807, 2.05) is 24.3 Å². The minimum atomic E-state index is -0.987. The molecule has 1 N–H and O–H groups in total. The van der Waals surface area contributed by atoms with E-state index >= 15 is 0 Å². The maximum atomic E-state index is 10.5. The molecule has 0 unspecified atom stereocenters. The number of carboxylic acids is 1. The summed E-state index contributed by atoms with van der Waals surface area (Å²) in [6.45, 7) is 0. The van der Waals surface area contributed by atoms with E-state index in [1.54, 1.807) is 0 Å². The number of rotatable bonds is 3. The van der Waals surface area contributed by atoms with E-state index in [0.29, 0.717) is 5.89 Å². The van der Waals surface area contributed by atoms with Gasteiger partial charge in [-0.05, 0) is 28.1 Å². The van der Waals surface area contributed by atoms with Crippen molar-refractivity contribution in [1.82, 2.24) is 10.1 Å². The molecule has 1 aromatic carbocycles. The Labute approximate surface area is 99.2 Å². The van der Waals surface area contributed by atoms with Crippen LogP contribution in [0.15, 0.2) is 33.3 Å². The Morgan fingerprint density at radius 2 is 2.19 bits per heavy atom. The highest BCUT2D eigenvalue weighted by Gasteiger charge is 2.13. The molecule has 1 heterocycles. The van der Waals surface area contributed by atoms with Gasteiger partial charge >= 0.3 is 5.97 Å². The van der Waals surface area contributed by atoms with Gasteiger partial charge in [-0.25, -0.2) is 0 Å². The van der Waals surface area contributed by atoms with E-state index in [0.717, 1.165) is 10.0 Å². The van der Waals surface area contributed by atoms with Gasteiger partial charge in [-0.15, -0.1) is 0 Å². The van der Waals surface area contributed by atoms with Gasteiger partial charge in [0.05, 0.1) is 5.56 Å². The summed E-state index contributed by atoms with van der Waals surface area (Å²) >= 11 is 3.35. The molecule has 0 aliphatic heterocycles. The number of carboxylic acid groups (broad SMARTS) is 1. The van der Waals surface area contributed by atoms with Gasteiger partial charge in [0.25, 0.3) is 5.89 Å². The maximum Gasteiger partial charge on any atom is 0.311 e. The lowest BCUT2D eigenvalue weighted by atomic mass is 10.2. The zero-order chi connectivity index (χ0) is 11.5. The molecule has 82 valence electrons. The molecule has 5 nitrogen and oxygen atoms in total. The standard InChI is InChI=1S/C10H7BrN2O3/c11-7-4-2-1-3-6(7)10-12-8(13-16-10)5-9(14)15/h1-4H,5H2,(H,14,15). The van der Waals surface area contributed by atoms with Crippen molar-refractivity contribution in [3.63, 3.8) is 0 Å². The Hall–Kier alpha value is -1.69. The zero-order valence-corrected chi connectivity index (χ0v) is 9.64. The number of aliphatic carboxylic acids is 1. The minimum Gasteiger partial charge on any atom is -0.481 e. The third-order valence-corrected chi connectivity index (χ3v) is 2.57.